The van der Waals surface area contributed by atoms with Gasteiger partial charge in [0, 0.05) is 11.6 Å². The third kappa shape index (κ3) is 3.73. The number of nitrogens with zero attached hydrogens (tertiary/aromatic N) is 1. The maximum absolute atomic E-state index is 13.2. The monoisotopic (exact) mass is 369 g/mol. The van der Waals surface area contributed by atoms with Crippen LogP contribution in [0.2, 0.25) is 0 Å². The summed E-state index contributed by atoms with van der Waals surface area (Å²) < 4.78 is 31.7. The quantitative estimate of drug-likeness (QED) is 0.648. The summed E-state index contributed by atoms with van der Waals surface area (Å²) in [4.78, 5) is 0.368. The van der Waals surface area contributed by atoms with Crippen LogP contribution in [0, 0.1) is 20.8 Å². The average Bonchev–Trinajstić information content (AvgIpc) is 3.04. The lowest BCUT2D eigenvalue weighted by Crippen LogP contribution is -2.09. The first-order valence-corrected chi connectivity index (χ1v) is 10.3. The maximum atomic E-state index is 13.2. The van der Waals surface area contributed by atoms with Crippen molar-refractivity contribution >= 4 is 9.84 Å². The molecule has 1 heterocycles. The zero-order valence-electron chi connectivity index (χ0n) is 15.5. The molecular formula is C21H23NO3S. The molecule has 0 aliphatic carbocycles. The van der Waals surface area contributed by atoms with Crippen LogP contribution in [0.5, 0.6) is 0 Å². The Morgan fingerprint density at radius 2 is 1.73 bits per heavy atom. The largest absolute Gasteiger partial charge is 0.356 e. The highest BCUT2D eigenvalue weighted by molar-refractivity contribution is 7.90. The molecule has 0 N–H and O–H groups in total. The summed E-state index contributed by atoms with van der Waals surface area (Å²) in [6.45, 7) is 7.72. The number of rotatable bonds is 5. The van der Waals surface area contributed by atoms with Crippen LogP contribution in [-0.2, 0) is 22.0 Å². The normalized spacial score (nSPS) is 11.7. The molecule has 0 bridgehead atoms. The van der Waals surface area contributed by atoms with Crippen LogP contribution in [0.3, 0.4) is 0 Å². The first kappa shape index (κ1) is 18.4. The van der Waals surface area contributed by atoms with Crippen LogP contribution >= 0.6 is 0 Å². The van der Waals surface area contributed by atoms with E-state index in [1.54, 1.807) is 6.07 Å². The number of aryl methyl sites for hydroxylation is 4. The number of aromatic nitrogens is 1. The topological polar surface area (TPSA) is 60.2 Å². The van der Waals surface area contributed by atoms with E-state index in [1.165, 1.54) is 0 Å². The van der Waals surface area contributed by atoms with Gasteiger partial charge in [0.15, 0.2) is 15.6 Å². The predicted molar refractivity (Wildman–Crippen MR) is 103 cm³/mol. The SMILES string of the molecule is CCc1ccc(-c2cc(C)no2)cc1S(=O)(=O)Cc1cc(C)ccc1C. The van der Waals surface area contributed by atoms with E-state index < -0.39 is 9.84 Å². The van der Waals surface area contributed by atoms with Gasteiger partial charge in [-0.25, -0.2) is 8.42 Å². The van der Waals surface area contributed by atoms with Crippen LogP contribution < -0.4 is 0 Å². The van der Waals surface area contributed by atoms with Gasteiger partial charge in [-0.2, -0.15) is 0 Å². The van der Waals surface area contributed by atoms with Crippen molar-refractivity contribution in [1.82, 2.24) is 5.16 Å². The average molecular weight is 369 g/mol. The van der Waals surface area contributed by atoms with Crippen molar-refractivity contribution in [3.8, 4) is 11.3 Å². The molecule has 1 aromatic heterocycles. The molecule has 26 heavy (non-hydrogen) atoms. The van der Waals surface area contributed by atoms with Gasteiger partial charge in [-0.15, -0.1) is 0 Å². The second-order valence-electron chi connectivity index (χ2n) is 6.70. The first-order chi connectivity index (χ1) is 12.3. The minimum atomic E-state index is -3.48. The lowest BCUT2D eigenvalue weighted by molar-refractivity contribution is 0.427. The van der Waals surface area contributed by atoms with Crippen molar-refractivity contribution in [2.45, 2.75) is 44.8 Å². The maximum Gasteiger partial charge on any atom is 0.182 e. The van der Waals surface area contributed by atoms with E-state index in [0.717, 1.165) is 33.5 Å². The second-order valence-corrected chi connectivity index (χ2v) is 8.66. The molecule has 0 aliphatic heterocycles. The van der Waals surface area contributed by atoms with Gasteiger partial charge < -0.3 is 4.52 Å². The van der Waals surface area contributed by atoms with Gasteiger partial charge in [0.2, 0.25) is 0 Å². The van der Waals surface area contributed by atoms with Crippen molar-refractivity contribution < 1.29 is 12.9 Å². The molecule has 3 rings (SSSR count). The van der Waals surface area contributed by atoms with Gasteiger partial charge in [-0.3, -0.25) is 0 Å². The van der Waals surface area contributed by atoms with Gasteiger partial charge in [0.25, 0.3) is 0 Å². The van der Waals surface area contributed by atoms with E-state index in [1.807, 2.05) is 64.1 Å². The molecule has 5 heteroatoms. The van der Waals surface area contributed by atoms with Crippen LogP contribution in [0.4, 0.5) is 0 Å². The van der Waals surface area contributed by atoms with Gasteiger partial charge in [0.1, 0.15) is 0 Å². The van der Waals surface area contributed by atoms with Gasteiger partial charge >= 0.3 is 0 Å². The molecule has 136 valence electrons. The van der Waals surface area contributed by atoms with Gasteiger partial charge in [-0.05, 0) is 49.9 Å². The number of hydrogen-bond donors (Lipinski definition) is 0. The third-order valence-electron chi connectivity index (χ3n) is 4.55. The van der Waals surface area contributed by atoms with Crippen LogP contribution in [-0.4, -0.2) is 13.6 Å². The zero-order chi connectivity index (χ0) is 18.9. The molecule has 3 aromatic rings. The highest BCUT2D eigenvalue weighted by atomic mass is 32.2. The zero-order valence-corrected chi connectivity index (χ0v) is 16.4. The Balaban J connectivity index is 2.06. The lowest BCUT2D eigenvalue weighted by Gasteiger charge is -2.13. The highest BCUT2D eigenvalue weighted by Crippen LogP contribution is 2.29. The summed E-state index contributed by atoms with van der Waals surface area (Å²) >= 11 is 0. The van der Waals surface area contributed by atoms with Gasteiger partial charge in [0.05, 0.1) is 16.3 Å². The minimum absolute atomic E-state index is 0.00754. The van der Waals surface area contributed by atoms with Crippen molar-refractivity contribution in [2.75, 3.05) is 0 Å². The Labute approximate surface area is 154 Å². The molecule has 0 unspecified atom stereocenters. The first-order valence-electron chi connectivity index (χ1n) is 8.65. The summed E-state index contributed by atoms with van der Waals surface area (Å²) in [5.41, 5.74) is 5.19. The standard InChI is InChI=1S/C21H23NO3S/c1-5-17-8-9-18(20-11-16(4)22-25-20)12-21(17)26(23,24)13-19-10-14(2)6-7-15(19)3/h6-12H,5,13H2,1-4H3. The summed E-state index contributed by atoms with van der Waals surface area (Å²) in [7, 11) is -3.48. The molecule has 0 aliphatic rings. The van der Waals surface area contributed by atoms with Crippen LogP contribution in [0.25, 0.3) is 11.3 Å². The fraction of sp³-hybridized carbons (Fsp3) is 0.286. The molecule has 0 spiro atoms. The van der Waals surface area contributed by atoms with Crippen molar-refractivity contribution in [3.63, 3.8) is 0 Å². The molecule has 0 atom stereocenters. The molecule has 0 radical (unpaired) electrons. The number of benzene rings is 2. The Morgan fingerprint density at radius 1 is 0.962 bits per heavy atom. The Hall–Kier alpha value is -2.40. The molecule has 0 amide bonds. The lowest BCUT2D eigenvalue weighted by atomic mass is 10.1. The summed E-state index contributed by atoms with van der Waals surface area (Å²) in [6, 6.07) is 13.2. The summed E-state index contributed by atoms with van der Waals surface area (Å²) in [5.74, 6) is 0.570. The highest BCUT2D eigenvalue weighted by Gasteiger charge is 2.21. The van der Waals surface area contributed by atoms with Gasteiger partial charge in [-0.1, -0.05) is 48.0 Å². The van der Waals surface area contributed by atoms with Crippen LogP contribution in [0.15, 0.2) is 51.9 Å². The number of sulfone groups is 1. The third-order valence-corrected chi connectivity index (χ3v) is 6.29. The van der Waals surface area contributed by atoms with Crippen LogP contribution in [0.1, 0.15) is 34.9 Å². The van der Waals surface area contributed by atoms with Crippen molar-refractivity contribution in [3.05, 3.63) is 70.4 Å². The smallest absolute Gasteiger partial charge is 0.182 e. The summed E-state index contributed by atoms with van der Waals surface area (Å²) in [5, 5.41) is 3.89. The molecule has 0 fully saturated rings. The van der Waals surface area contributed by atoms with E-state index in [9.17, 15) is 8.42 Å². The van der Waals surface area contributed by atoms with Crippen molar-refractivity contribution in [2.24, 2.45) is 0 Å². The fourth-order valence-electron chi connectivity index (χ4n) is 3.03. The van der Waals surface area contributed by atoms with E-state index in [4.69, 9.17) is 4.52 Å². The van der Waals surface area contributed by atoms with E-state index in [-0.39, 0.29) is 5.75 Å². The second kappa shape index (κ2) is 7.08. The fourth-order valence-corrected chi connectivity index (χ4v) is 4.82. The Kier molecular flexibility index (Phi) is 5.01. The Bertz CT molecular complexity index is 1050. The number of hydrogen-bond acceptors (Lipinski definition) is 4. The van der Waals surface area contributed by atoms with E-state index >= 15 is 0 Å². The summed E-state index contributed by atoms with van der Waals surface area (Å²) in [6.07, 6.45) is 0.650. The van der Waals surface area contributed by atoms with E-state index in [2.05, 4.69) is 5.16 Å². The van der Waals surface area contributed by atoms with Crippen molar-refractivity contribution in [1.29, 1.82) is 0 Å². The molecule has 2 aromatic carbocycles. The molecule has 0 saturated carbocycles. The molecule has 0 saturated heterocycles. The minimum Gasteiger partial charge on any atom is -0.356 e. The Morgan fingerprint density at radius 3 is 2.38 bits per heavy atom. The van der Waals surface area contributed by atoms with E-state index in [0.29, 0.717) is 17.1 Å². The molecule has 4 nitrogen and oxygen atoms in total. The molecular weight excluding hydrogens is 346 g/mol. The predicted octanol–water partition coefficient (Wildman–Crippen LogP) is 4.80.